The van der Waals surface area contributed by atoms with Crippen molar-refractivity contribution in [3.8, 4) is 0 Å². The van der Waals surface area contributed by atoms with Gasteiger partial charge in [-0.25, -0.2) is 0 Å². The second-order valence-corrected chi connectivity index (χ2v) is 6.84. The number of nitrogens with one attached hydrogen (secondary N) is 1. The van der Waals surface area contributed by atoms with Gasteiger partial charge in [0.05, 0.1) is 5.41 Å². The number of hydrogen-bond donors (Lipinski definition) is 2. The summed E-state index contributed by atoms with van der Waals surface area (Å²) < 4.78 is 0. The molecule has 2 N–H and O–H groups in total. The largest absolute Gasteiger partial charge is 0.481 e. The van der Waals surface area contributed by atoms with Crippen LogP contribution in [0.2, 0.25) is 0 Å². The predicted molar refractivity (Wildman–Crippen MR) is 80.8 cm³/mol. The SMILES string of the molecule is CC(Cc1cccs1)NC(=O)CC(C)(C(=O)O)C(C)C. The molecule has 4 nitrogen and oxygen atoms in total. The van der Waals surface area contributed by atoms with Crippen LogP contribution in [0.25, 0.3) is 0 Å². The number of thiophene rings is 1. The van der Waals surface area contributed by atoms with E-state index >= 15 is 0 Å². The van der Waals surface area contributed by atoms with E-state index < -0.39 is 11.4 Å². The Kier molecular flexibility index (Phi) is 5.74. The van der Waals surface area contributed by atoms with Crippen molar-refractivity contribution >= 4 is 23.2 Å². The zero-order valence-corrected chi connectivity index (χ0v) is 13.3. The van der Waals surface area contributed by atoms with Gasteiger partial charge in [-0.1, -0.05) is 19.9 Å². The second kappa shape index (κ2) is 6.88. The lowest BCUT2D eigenvalue weighted by atomic mass is 9.76. The van der Waals surface area contributed by atoms with E-state index in [4.69, 9.17) is 0 Å². The minimum Gasteiger partial charge on any atom is -0.481 e. The van der Waals surface area contributed by atoms with Gasteiger partial charge in [-0.15, -0.1) is 11.3 Å². The Morgan fingerprint density at radius 2 is 2.05 bits per heavy atom. The van der Waals surface area contributed by atoms with Crippen molar-refractivity contribution < 1.29 is 14.7 Å². The first-order chi connectivity index (χ1) is 9.25. The van der Waals surface area contributed by atoms with Gasteiger partial charge in [0.15, 0.2) is 0 Å². The Morgan fingerprint density at radius 1 is 1.40 bits per heavy atom. The third-order valence-electron chi connectivity index (χ3n) is 3.79. The number of carbonyl (C=O) groups is 2. The van der Waals surface area contributed by atoms with Crippen molar-refractivity contribution in [1.29, 1.82) is 0 Å². The second-order valence-electron chi connectivity index (χ2n) is 5.81. The van der Waals surface area contributed by atoms with Crippen LogP contribution in [-0.4, -0.2) is 23.0 Å². The molecule has 20 heavy (non-hydrogen) atoms. The Morgan fingerprint density at radius 3 is 2.50 bits per heavy atom. The summed E-state index contributed by atoms with van der Waals surface area (Å²) >= 11 is 1.66. The maximum absolute atomic E-state index is 12.0. The number of hydrogen-bond acceptors (Lipinski definition) is 3. The summed E-state index contributed by atoms with van der Waals surface area (Å²) in [5, 5.41) is 14.2. The maximum Gasteiger partial charge on any atom is 0.310 e. The van der Waals surface area contributed by atoms with E-state index in [1.54, 1.807) is 18.3 Å². The van der Waals surface area contributed by atoms with Gasteiger partial charge in [-0.3, -0.25) is 9.59 Å². The van der Waals surface area contributed by atoms with E-state index in [9.17, 15) is 14.7 Å². The van der Waals surface area contributed by atoms with Gasteiger partial charge < -0.3 is 10.4 Å². The van der Waals surface area contributed by atoms with Gasteiger partial charge in [0, 0.05) is 23.8 Å². The summed E-state index contributed by atoms with van der Waals surface area (Å²) in [4.78, 5) is 24.6. The van der Waals surface area contributed by atoms with Crippen LogP contribution in [-0.2, 0) is 16.0 Å². The first-order valence-electron chi connectivity index (χ1n) is 6.81. The van der Waals surface area contributed by atoms with Crippen molar-refractivity contribution in [2.45, 2.75) is 46.6 Å². The molecule has 0 saturated carbocycles. The summed E-state index contributed by atoms with van der Waals surface area (Å²) in [5.74, 6) is -1.22. The molecule has 0 saturated heterocycles. The van der Waals surface area contributed by atoms with Gasteiger partial charge in [0.2, 0.25) is 5.91 Å². The number of rotatable bonds is 7. The molecule has 1 amide bonds. The smallest absolute Gasteiger partial charge is 0.310 e. The van der Waals surface area contributed by atoms with Crippen molar-refractivity contribution in [3.63, 3.8) is 0 Å². The van der Waals surface area contributed by atoms with Gasteiger partial charge in [-0.05, 0) is 31.2 Å². The lowest BCUT2D eigenvalue weighted by Crippen LogP contribution is -2.42. The fraction of sp³-hybridized carbons (Fsp3) is 0.600. The van der Waals surface area contributed by atoms with Crippen molar-refractivity contribution in [2.75, 3.05) is 0 Å². The van der Waals surface area contributed by atoms with Gasteiger partial charge in [0.25, 0.3) is 0 Å². The van der Waals surface area contributed by atoms with E-state index in [2.05, 4.69) is 5.32 Å². The van der Waals surface area contributed by atoms with Crippen molar-refractivity contribution in [3.05, 3.63) is 22.4 Å². The Labute approximate surface area is 124 Å². The number of carboxylic acids is 1. The fourth-order valence-corrected chi connectivity index (χ4v) is 2.80. The van der Waals surface area contributed by atoms with Crippen LogP contribution in [0, 0.1) is 11.3 Å². The third-order valence-corrected chi connectivity index (χ3v) is 4.68. The number of carboxylic acid groups (broad SMARTS) is 1. The van der Waals surface area contributed by atoms with Crippen LogP contribution >= 0.6 is 11.3 Å². The summed E-state index contributed by atoms with van der Waals surface area (Å²) in [7, 11) is 0. The molecule has 0 spiro atoms. The molecule has 0 aliphatic carbocycles. The molecule has 0 fully saturated rings. The van der Waals surface area contributed by atoms with Crippen LogP contribution in [0.3, 0.4) is 0 Å². The van der Waals surface area contributed by atoms with E-state index in [1.165, 1.54) is 4.88 Å². The standard InChI is InChI=1S/C15H23NO3S/c1-10(2)15(4,14(18)19)9-13(17)16-11(3)8-12-6-5-7-20-12/h5-7,10-11H,8-9H2,1-4H3,(H,16,17)(H,18,19). The van der Waals surface area contributed by atoms with Crippen LogP contribution in [0.4, 0.5) is 0 Å². The highest BCUT2D eigenvalue weighted by Gasteiger charge is 2.38. The quantitative estimate of drug-likeness (QED) is 0.813. The molecule has 0 aliphatic heterocycles. The number of carbonyl (C=O) groups excluding carboxylic acids is 1. The molecule has 1 rings (SSSR count). The monoisotopic (exact) mass is 297 g/mol. The van der Waals surface area contributed by atoms with Crippen LogP contribution in [0.5, 0.6) is 0 Å². The molecule has 0 aromatic carbocycles. The lowest BCUT2D eigenvalue weighted by Gasteiger charge is -2.29. The molecule has 112 valence electrons. The molecule has 1 heterocycles. The maximum atomic E-state index is 12.0. The van der Waals surface area contributed by atoms with Crippen LogP contribution in [0.15, 0.2) is 17.5 Å². The minimum atomic E-state index is -1.02. The van der Waals surface area contributed by atoms with Crippen LogP contribution in [0.1, 0.15) is 39.0 Å². The Balaban J connectivity index is 2.56. The highest BCUT2D eigenvalue weighted by Crippen LogP contribution is 2.31. The fourth-order valence-electron chi connectivity index (χ4n) is 1.97. The average Bonchev–Trinajstić information content (AvgIpc) is 2.80. The molecule has 2 atom stereocenters. The van der Waals surface area contributed by atoms with E-state index in [1.807, 2.05) is 38.3 Å². The first kappa shape index (κ1) is 16.7. The molecule has 2 unspecified atom stereocenters. The topological polar surface area (TPSA) is 66.4 Å². The summed E-state index contributed by atoms with van der Waals surface area (Å²) in [6.45, 7) is 7.22. The minimum absolute atomic E-state index is 0.00589. The van der Waals surface area contributed by atoms with E-state index in [-0.39, 0.29) is 24.3 Å². The summed E-state index contributed by atoms with van der Waals surface area (Å²) in [5.41, 5.74) is -1.02. The first-order valence-corrected chi connectivity index (χ1v) is 7.68. The van der Waals surface area contributed by atoms with Crippen molar-refractivity contribution in [1.82, 2.24) is 5.32 Å². The van der Waals surface area contributed by atoms with E-state index in [0.29, 0.717) is 0 Å². The normalized spacial score (nSPS) is 15.7. The number of aliphatic carboxylic acids is 1. The lowest BCUT2D eigenvalue weighted by molar-refractivity contribution is -0.153. The number of amides is 1. The molecule has 0 aliphatic rings. The molecular formula is C15H23NO3S. The molecule has 0 bridgehead atoms. The summed E-state index contributed by atoms with van der Waals surface area (Å²) in [6, 6.07) is 4.02. The van der Waals surface area contributed by atoms with Gasteiger partial charge >= 0.3 is 5.97 Å². The zero-order chi connectivity index (χ0) is 15.3. The van der Waals surface area contributed by atoms with Crippen LogP contribution < -0.4 is 5.32 Å². The Bertz CT molecular complexity index is 456. The highest BCUT2D eigenvalue weighted by molar-refractivity contribution is 7.09. The van der Waals surface area contributed by atoms with E-state index in [0.717, 1.165) is 6.42 Å². The third kappa shape index (κ3) is 4.34. The average molecular weight is 297 g/mol. The molecule has 1 aromatic heterocycles. The molecule has 0 radical (unpaired) electrons. The van der Waals surface area contributed by atoms with Crippen molar-refractivity contribution in [2.24, 2.45) is 11.3 Å². The molecule has 5 heteroatoms. The van der Waals surface area contributed by atoms with Gasteiger partial charge in [-0.2, -0.15) is 0 Å². The van der Waals surface area contributed by atoms with Gasteiger partial charge in [0.1, 0.15) is 0 Å². The zero-order valence-electron chi connectivity index (χ0n) is 12.5. The molecule has 1 aromatic rings. The molecular weight excluding hydrogens is 274 g/mol. The summed E-state index contributed by atoms with van der Waals surface area (Å²) in [6.07, 6.45) is 0.781. The Hall–Kier alpha value is -1.36. The predicted octanol–water partition coefficient (Wildman–Crippen LogP) is 2.93. The highest BCUT2D eigenvalue weighted by atomic mass is 32.1.